The molecule has 0 N–H and O–H groups in total. The van der Waals surface area contributed by atoms with Crippen LogP contribution in [0.15, 0.2) is 36.4 Å². The molecule has 1 aromatic carbocycles. The van der Waals surface area contributed by atoms with Gasteiger partial charge in [0.2, 0.25) is 5.91 Å². The van der Waals surface area contributed by atoms with E-state index in [1.54, 1.807) is 12.1 Å². The third-order valence-electron chi connectivity index (χ3n) is 4.24. The van der Waals surface area contributed by atoms with Gasteiger partial charge in [-0.05, 0) is 37.0 Å². The molecule has 0 saturated carbocycles. The highest BCUT2D eigenvalue weighted by molar-refractivity contribution is 5.79. The van der Waals surface area contributed by atoms with Gasteiger partial charge in [-0.15, -0.1) is 0 Å². The number of ether oxygens (including phenoxy) is 1. The number of benzene rings is 1. The molecule has 3 nitrogen and oxygen atoms in total. The van der Waals surface area contributed by atoms with E-state index in [9.17, 15) is 9.18 Å². The van der Waals surface area contributed by atoms with E-state index in [1.165, 1.54) is 12.1 Å². The van der Waals surface area contributed by atoms with Crippen molar-refractivity contribution in [1.82, 2.24) is 4.90 Å². The number of hydrogen-bond donors (Lipinski definition) is 0. The summed E-state index contributed by atoms with van der Waals surface area (Å²) >= 11 is 0. The van der Waals surface area contributed by atoms with Crippen LogP contribution in [0.2, 0.25) is 0 Å². The molecule has 1 fully saturated rings. The van der Waals surface area contributed by atoms with E-state index in [0.717, 1.165) is 24.8 Å². The Kier molecular flexibility index (Phi) is 4.34. The first-order chi connectivity index (χ1) is 10.2. The first kappa shape index (κ1) is 14.3. The second-order valence-electron chi connectivity index (χ2n) is 5.68. The molecule has 4 heteroatoms. The average molecular weight is 289 g/mol. The lowest BCUT2D eigenvalue weighted by molar-refractivity contribution is -0.143. The summed E-state index contributed by atoms with van der Waals surface area (Å²) in [5, 5.41) is 0. The molecule has 1 saturated heterocycles. The van der Waals surface area contributed by atoms with Gasteiger partial charge >= 0.3 is 0 Å². The molecule has 0 radical (unpaired) electrons. The fourth-order valence-electron chi connectivity index (χ4n) is 3.00. The van der Waals surface area contributed by atoms with Crippen LogP contribution in [0.1, 0.15) is 30.9 Å². The van der Waals surface area contributed by atoms with Gasteiger partial charge in [-0.3, -0.25) is 4.79 Å². The number of halogens is 1. The minimum absolute atomic E-state index is 0.113. The van der Waals surface area contributed by atoms with E-state index in [1.807, 2.05) is 4.90 Å². The molecule has 1 amide bonds. The maximum Gasteiger partial charge on any atom is 0.226 e. The van der Waals surface area contributed by atoms with Gasteiger partial charge in [0.1, 0.15) is 11.9 Å². The van der Waals surface area contributed by atoms with E-state index in [0.29, 0.717) is 19.7 Å². The summed E-state index contributed by atoms with van der Waals surface area (Å²) in [6, 6.07) is 6.34. The van der Waals surface area contributed by atoms with Crippen molar-refractivity contribution in [2.45, 2.75) is 25.4 Å². The smallest absolute Gasteiger partial charge is 0.226 e. The number of hydrogen-bond acceptors (Lipinski definition) is 2. The van der Waals surface area contributed by atoms with Gasteiger partial charge < -0.3 is 9.64 Å². The SMILES string of the molecule is O=C(C1CC=CCC1)N1CCOC(c2ccc(F)cc2)C1. The highest BCUT2D eigenvalue weighted by atomic mass is 19.1. The van der Waals surface area contributed by atoms with E-state index in [-0.39, 0.29) is 23.7 Å². The van der Waals surface area contributed by atoms with Crippen molar-refractivity contribution in [2.24, 2.45) is 5.92 Å². The van der Waals surface area contributed by atoms with Crippen molar-refractivity contribution in [1.29, 1.82) is 0 Å². The molecular formula is C17H20FNO2. The maximum atomic E-state index is 13.0. The normalized spacial score (nSPS) is 25.9. The zero-order valence-electron chi connectivity index (χ0n) is 12.0. The summed E-state index contributed by atoms with van der Waals surface area (Å²) in [6.07, 6.45) is 6.87. The number of allylic oxidation sites excluding steroid dienone is 2. The molecule has 0 aromatic heterocycles. The standard InChI is InChI=1S/C17H20FNO2/c18-15-8-6-13(7-9-15)16-12-19(10-11-21-16)17(20)14-4-2-1-3-5-14/h1-2,6-9,14,16H,3-5,10-12H2. The summed E-state index contributed by atoms with van der Waals surface area (Å²) in [5.41, 5.74) is 0.928. The Hall–Kier alpha value is -1.68. The Balaban J connectivity index is 1.66. The van der Waals surface area contributed by atoms with Crippen LogP contribution in [0.25, 0.3) is 0 Å². The minimum atomic E-state index is -0.253. The molecule has 3 rings (SSSR count). The number of amides is 1. The Morgan fingerprint density at radius 1 is 1.24 bits per heavy atom. The van der Waals surface area contributed by atoms with Crippen LogP contribution < -0.4 is 0 Å². The highest BCUT2D eigenvalue weighted by Gasteiger charge is 2.29. The molecule has 1 aromatic rings. The van der Waals surface area contributed by atoms with E-state index in [4.69, 9.17) is 4.74 Å². The first-order valence-electron chi connectivity index (χ1n) is 7.55. The fraction of sp³-hybridized carbons (Fsp3) is 0.471. The Bertz CT molecular complexity index is 526. The van der Waals surface area contributed by atoms with E-state index < -0.39 is 0 Å². The molecule has 2 aliphatic rings. The van der Waals surface area contributed by atoms with Crippen molar-refractivity contribution in [3.8, 4) is 0 Å². The molecule has 21 heavy (non-hydrogen) atoms. The molecule has 0 spiro atoms. The summed E-state index contributed by atoms with van der Waals surface area (Å²) in [5.74, 6) is 0.0909. The van der Waals surface area contributed by atoms with Crippen LogP contribution in [-0.4, -0.2) is 30.5 Å². The predicted octanol–water partition coefficient (Wildman–Crippen LogP) is 3.08. The summed E-state index contributed by atoms with van der Waals surface area (Å²) in [6.45, 7) is 1.75. The van der Waals surface area contributed by atoms with Gasteiger partial charge in [0.15, 0.2) is 0 Å². The molecule has 0 bridgehead atoms. The monoisotopic (exact) mass is 289 g/mol. The average Bonchev–Trinajstić information content (AvgIpc) is 2.56. The Morgan fingerprint density at radius 3 is 2.76 bits per heavy atom. The van der Waals surface area contributed by atoms with Crippen LogP contribution in [0.5, 0.6) is 0 Å². The quantitative estimate of drug-likeness (QED) is 0.783. The van der Waals surface area contributed by atoms with Crippen molar-refractivity contribution in [3.05, 3.63) is 47.8 Å². The van der Waals surface area contributed by atoms with Gasteiger partial charge in [0, 0.05) is 12.5 Å². The van der Waals surface area contributed by atoms with Gasteiger partial charge in [0.05, 0.1) is 13.2 Å². The highest BCUT2D eigenvalue weighted by Crippen LogP contribution is 2.26. The van der Waals surface area contributed by atoms with Crippen molar-refractivity contribution in [2.75, 3.05) is 19.7 Å². The molecular weight excluding hydrogens is 269 g/mol. The van der Waals surface area contributed by atoms with Gasteiger partial charge in [-0.25, -0.2) is 4.39 Å². The topological polar surface area (TPSA) is 29.5 Å². The minimum Gasteiger partial charge on any atom is -0.370 e. The summed E-state index contributed by atoms with van der Waals surface area (Å²) in [7, 11) is 0. The van der Waals surface area contributed by atoms with Crippen molar-refractivity contribution in [3.63, 3.8) is 0 Å². The third-order valence-corrected chi connectivity index (χ3v) is 4.24. The number of nitrogens with zero attached hydrogens (tertiary/aromatic N) is 1. The van der Waals surface area contributed by atoms with E-state index in [2.05, 4.69) is 12.2 Å². The lowest BCUT2D eigenvalue weighted by atomic mass is 9.92. The zero-order chi connectivity index (χ0) is 14.7. The first-order valence-corrected chi connectivity index (χ1v) is 7.55. The summed E-state index contributed by atoms with van der Waals surface area (Å²) in [4.78, 5) is 14.5. The number of morpholine rings is 1. The van der Waals surface area contributed by atoms with Crippen LogP contribution in [0, 0.1) is 11.7 Å². The largest absolute Gasteiger partial charge is 0.370 e. The lowest BCUT2D eigenvalue weighted by Gasteiger charge is -2.35. The number of carbonyl (C=O) groups is 1. The second-order valence-corrected chi connectivity index (χ2v) is 5.68. The molecule has 1 aliphatic carbocycles. The molecule has 2 unspecified atom stereocenters. The van der Waals surface area contributed by atoms with Crippen LogP contribution >= 0.6 is 0 Å². The fourth-order valence-corrected chi connectivity index (χ4v) is 3.00. The predicted molar refractivity (Wildman–Crippen MR) is 78.2 cm³/mol. The van der Waals surface area contributed by atoms with Crippen molar-refractivity contribution < 1.29 is 13.9 Å². The van der Waals surface area contributed by atoms with Crippen molar-refractivity contribution >= 4 is 5.91 Å². The van der Waals surface area contributed by atoms with Gasteiger partial charge in [-0.1, -0.05) is 24.3 Å². The lowest BCUT2D eigenvalue weighted by Crippen LogP contribution is -2.45. The number of rotatable bonds is 2. The van der Waals surface area contributed by atoms with Crippen LogP contribution in [0.3, 0.4) is 0 Å². The summed E-state index contributed by atoms with van der Waals surface area (Å²) < 4.78 is 18.7. The Labute approximate surface area is 124 Å². The van der Waals surface area contributed by atoms with Crippen LogP contribution in [0.4, 0.5) is 4.39 Å². The van der Waals surface area contributed by atoms with E-state index >= 15 is 0 Å². The zero-order valence-corrected chi connectivity index (χ0v) is 12.0. The molecule has 1 aliphatic heterocycles. The third kappa shape index (κ3) is 3.32. The molecule has 2 atom stereocenters. The second kappa shape index (κ2) is 6.39. The Morgan fingerprint density at radius 2 is 2.05 bits per heavy atom. The van der Waals surface area contributed by atoms with Gasteiger partial charge in [0.25, 0.3) is 0 Å². The number of carbonyl (C=O) groups excluding carboxylic acids is 1. The molecule has 112 valence electrons. The maximum absolute atomic E-state index is 13.0. The van der Waals surface area contributed by atoms with Crippen LogP contribution in [-0.2, 0) is 9.53 Å². The molecule has 1 heterocycles. The van der Waals surface area contributed by atoms with Gasteiger partial charge in [-0.2, -0.15) is 0 Å².